The molecule has 5 heterocycles. The van der Waals surface area contributed by atoms with Gasteiger partial charge in [-0.05, 0) is 149 Å². The van der Waals surface area contributed by atoms with Gasteiger partial charge in [-0.2, -0.15) is 0 Å². The number of ether oxygens (including phenoxy) is 9. The highest BCUT2D eigenvalue weighted by Gasteiger charge is 2.39. The number of carbonyl (C=O) groups is 6. The van der Waals surface area contributed by atoms with Crippen molar-refractivity contribution >= 4 is 359 Å². The Morgan fingerprint density at radius 2 is 0.898 bits per heavy atom. The summed E-state index contributed by atoms with van der Waals surface area (Å²) < 4.78 is 41.6. The molecule has 25 nitrogen and oxygen atoms in total. The molecule has 48 heteroatoms. The van der Waals surface area contributed by atoms with Crippen molar-refractivity contribution < 1.29 is 96.9 Å². The average molecular weight is 2500 g/mol. The smallest absolute Gasteiger partial charge is 0.319 e. The van der Waals surface area contributed by atoms with Gasteiger partial charge >= 0.3 is 23.9 Å². The predicted molar refractivity (Wildman–Crippen MR) is 547 cm³/mol. The summed E-state index contributed by atoms with van der Waals surface area (Å²) in [5, 5.41) is 46.0. The number of aldehydes is 2. The highest BCUT2D eigenvalue weighted by molar-refractivity contribution is 9.10. The molecule has 5 aliphatic rings. The van der Waals surface area contributed by atoms with E-state index in [-0.39, 0.29) is 88.0 Å². The van der Waals surface area contributed by atoms with Crippen LogP contribution >= 0.6 is 284 Å². The van der Waals surface area contributed by atoms with Gasteiger partial charge in [0.15, 0.2) is 24.4 Å². The molecule has 3 aromatic carbocycles. The van der Waals surface area contributed by atoms with Crippen molar-refractivity contribution in [1.82, 2.24) is 5.43 Å². The van der Waals surface area contributed by atoms with Crippen LogP contribution in [0, 0.1) is 0 Å². The minimum absolute atomic E-state index is 0.0359. The number of aliphatic hydroxyl groups is 3. The fourth-order valence-corrected chi connectivity index (χ4v) is 17.1. The number of halogens is 22. The summed E-state index contributed by atoms with van der Waals surface area (Å²) >= 11 is 111. The third-order valence-corrected chi connectivity index (χ3v) is 26.2. The molecule has 5 aliphatic heterocycles. The van der Waals surface area contributed by atoms with Crippen LogP contribution in [0.1, 0.15) is 152 Å². The average Bonchev–Trinajstić information content (AvgIpc) is 1.17. The lowest BCUT2D eigenvalue weighted by Crippen LogP contribution is -2.46. The standard InChI is InChI=1S/C31H32Cl6NO3P.C13H18BrCl6NO3.C9H14BrNO2.C5H9BrO3.C5H7BrO3.C5H7BrO2.C5H8O2.C4H12N2O.C2H3Cl3O.CH2Cl2/c1-29(2)20-41-28(38-29)26(18-19-27(39-21-30(32,33)34)40-22-31(35,36)37)42(23-12-6-3-7-13-23,24-14-8-4-9-15-24)25-16-10-5-11-17-25;1-11(2)5-24-10(21-11)8(14)3-4-9(22-6-12(15,16)17)23-7-13(18,19)20;1-9(2)6-13-8(11-9)7(10)4-3-5-12;2*6-4(5(8)9)2-1-3-7;6-4-2-1-3-8-5(4)7;6-5-3-1-2-4-7-5;1-4(2,3-7)6-5;3-2(4,5)1-6;2-1-3/h3-17,27H,18-22H2,1-2H3;8-9H,3-7H2,1-2H3;5,7H,3-4,6H2,1-2H3;4,7H,1-3H2,(H,8,9);3-4H,1-2H2,(H,8,9);4H,1-3H2;1-4H2;6-7H,3,5H2,1-2H3;6H,1H2;1H2. The van der Waals surface area contributed by atoms with Crippen LogP contribution in [-0.2, 0) is 71.4 Å². The van der Waals surface area contributed by atoms with Crippen LogP contribution in [0.5, 0.6) is 0 Å². The van der Waals surface area contributed by atoms with E-state index in [1.807, 2.05) is 59.7 Å². The van der Waals surface area contributed by atoms with E-state index >= 15 is 0 Å². The Hall–Kier alpha value is 0.560. The molecule has 5 unspecified atom stereocenters. The predicted octanol–water partition coefficient (Wildman–Crippen LogP) is 21.2. The first kappa shape index (κ1) is 131. The number of carboxylic acid groups (broad SMARTS) is 2. The van der Waals surface area contributed by atoms with Crippen molar-refractivity contribution in [2.75, 3.05) is 84.6 Å². The van der Waals surface area contributed by atoms with Gasteiger partial charge in [-0.25, -0.2) is 15.0 Å². The lowest BCUT2D eigenvalue weighted by atomic mass is 10.1. The largest absolute Gasteiger partial charge is 0.480 e. The molecule has 0 saturated carbocycles. The number of rotatable bonds is 33. The second-order valence-electron chi connectivity index (χ2n) is 29.8. The van der Waals surface area contributed by atoms with Crippen LogP contribution in [-0.4, -0.2) is 247 Å². The van der Waals surface area contributed by atoms with Gasteiger partial charge < -0.3 is 77.8 Å². The van der Waals surface area contributed by atoms with Gasteiger partial charge in [-0.3, -0.25) is 30.4 Å². The second-order valence-corrected chi connectivity index (χ2v) is 52.2. The number of alkyl halides is 22. The number of nitrogens with zero attached hydrogens (tertiary/aromatic N) is 3. The number of aliphatic hydroxyl groups excluding tert-OH is 3. The second kappa shape index (κ2) is 68.6. The zero-order valence-corrected chi connectivity index (χ0v) is 92.9. The van der Waals surface area contributed by atoms with Gasteiger partial charge in [0.05, 0.1) is 84.5 Å². The summed E-state index contributed by atoms with van der Waals surface area (Å²) in [7, 11) is 0. The normalized spacial score (nSPS) is 17.1. The van der Waals surface area contributed by atoms with E-state index in [1.165, 1.54) is 0 Å². The maximum Gasteiger partial charge on any atom is 0.319 e. The molecule has 128 heavy (non-hydrogen) atoms. The molecule has 0 radical (unpaired) electrons. The van der Waals surface area contributed by atoms with Gasteiger partial charge in [0.2, 0.25) is 24.9 Å². The van der Waals surface area contributed by atoms with Crippen LogP contribution in [0.3, 0.4) is 0 Å². The number of hydrogen-bond acceptors (Lipinski definition) is 23. The van der Waals surface area contributed by atoms with Crippen molar-refractivity contribution in [2.45, 2.75) is 230 Å². The van der Waals surface area contributed by atoms with Gasteiger partial charge in [-0.15, -0.1) is 23.2 Å². The third-order valence-electron chi connectivity index (χ3n) is 15.9. The Bertz CT molecular complexity index is 3620. The number of aliphatic imine (C=N–C) groups is 3. The van der Waals surface area contributed by atoms with Gasteiger partial charge in [0.25, 0.3) is 0 Å². The summed E-state index contributed by atoms with van der Waals surface area (Å²) in [6, 6.07) is 31.5. The molecule has 3 aromatic rings. The number of carbonyl (C=O) groups excluding carboxylic acids is 4. The van der Waals surface area contributed by atoms with E-state index < -0.39 is 72.2 Å². The number of nitrogens with one attached hydrogen (secondary N) is 1. The number of aliphatic carboxylic acids is 2. The van der Waals surface area contributed by atoms with Crippen LogP contribution in [0.2, 0.25) is 0 Å². The minimum atomic E-state index is -2.53. The summed E-state index contributed by atoms with van der Waals surface area (Å²) in [5.41, 5.74) is 1.38. The Morgan fingerprint density at radius 3 is 1.17 bits per heavy atom. The van der Waals surface area contributed by atoms with Crippen LogP contribution in [0.4, 0.5) is 0 Å². The fraction of sp³-hybridized carbons (Fsp3) is 0.650. The van der Waals surface area contributed by atoms with Crippen molar-refractivity contribution in [1.29, 1.82) is 0 Å². The maximum absolute atomic E-state index is 10.5. The van der Waals surface area contributed by atoms with Crippen molar-refractivity contribution in [3.63, 3.8) is 0 Å². The molecule has 0 spiro atoms. The van der Waals surface area contributed by atoms with Gasteiger partial charge in [0.1, 0.15) is 46.9 Å². The lowest BCUT2D eigenvalue weighted by molar-refractivity contribution is -0.147. The monoisotopic (exact) mass is 2480 g/mol. The molecule has 0 aromatic heterocycles. The molecule has 736 valence electrons. The Kier molecular flexibility index (Phi) is 70.0. The molecule has 2 fully saturated rings. The number of hydrogen-bond donors (Lipinski definition) is 7. The quantitative estimate of drug-likeness (QED) is 0.00566. The number of hydrazine groups is 1. The molecule has 2 saturated heterocycles. The number of carboxylic acids is 2. The van der Waals surface area contributed by atoms with Gasteiger partial charge in [0, 0.05) is 43.1 Å². The van der Waals surface area contributed by atoms with Crippen molar-refractivity contribution in [3.05, 3.63) is 91.0 Å². The first-order valence-electron chi connectivity index (χ1n) is 39.0. The van der Waals surface area contributed by atoms with Gasteiger partial charge in [-0.1, -0.05) is 345 Å². The highest BCUT2D eigenvalue weighted by atomic mass is 79.9. The van der Waals surface area contributed by atoms with Crippen LogP contribution in [0.15, 0.2) is 106 Å². The van der Waals surface area contributed by atoms with E-state index in [0.29, 0.717) is 115 Å². The number of esters is 2. The van der Waals surface area contributed by atoms with Crippen molar-refractivity contribution in [3.8, 4) is 0 Å². The molecule has 8 N–H and O–H groups in total. The van der Waals surface area contributed by atoms with Crippen LogP contribution < -0.4 is 27.2 Å². The van der Waals surface area contributed by atoms with E-state index in [9.17, 15) is 28.8 Å². The molecular weight excluding hydrogens is 2380 g/mol. The maximum atomic E-state index is 10.5. The number of cyclic esters (lactones) is 2. The molecular formula is C80H112Br5Cl17N5O20P. The fourth-order valence-electron chi connectivity index (χ4n) is 9.80. The Balaban J connectivity index is 0. The molecule has 0 aliphatic carbocycles. The van der Waals surface area contributed by atoms with Crippen LogP contribution in [0.25, 0.3) is 0 Å². The van der Waals surface area contributed by atoms with Crippen molar-refractivity contribution in [2.24, 2.45) is 20.8 Å². The zero-order valence-electron chi connectivity index (χ0n) is 71.2. The first-order valence-corrected chi connectivity index (χ1v) is 52.1. The summed E-state index contributed by atoms with van der Waals surface area (Å²) in [5.74, 6) is 5.05. The van der Waals surface area contributed by atoms with E-state index in [0.717, 1.165) is 65.5 Å². The SMILES string of the molecule is CC(C)(CO)NN.CC1(C)COC(C(Br)CCC(OCC(Cl)(Cl)Cl)OCC(Cl)(Cl)Cl)=N1.CC1(C)COC(C(Br)CCC=O)=N1.CC1(C)COC(C(CCC(OCC(Cl)(Cl)Cl)OCC(Cl)(Cl)Cl)=P(c2ccccc2)(c2ccccc2)c2ccccc2)=N1.ClCCl.O=C(O)C(Br)CCCO.O=C1CCCCO1.O=C1OCCCC1Br.O=CCCC(Br)C(=O)O.OCC(Cl)(Cl)Cl. The van der Waals surface area contributed by atoms with E-state index in [2.05, 4.69) is 186 Å². The minimum Gasteiger partial charge on any atom is -0.480 e. The first-order chi connectivity index (χ1) is 59.3. The summed E-state index contributed by atoms with van der Waals surface area (Å²) in [6.07, 6.45) is 9.51. The Morgan fingerprint density at radius 1 is 0.531 bits per heavy atom. The molecule has 0 amide bonds. The molecule has 0 bridgehead atoms. The number of benzene rings is 3. The zero-order chi connectivity index (χ0) is 98.4. The Labute approximate surface area is 878 Å². The third kappa shape index (κ3) is 64.7. The number of nitrogens with two attached hydrogens (primary N) is 1. The summed E-state index contributed by atoms with van der Waals surface area (Å²) in [6.45, 7) is 15.1. The molecule has 5 atom stereocenters. The van der Waals surface area contributed by atoms with E-state index in [4.69, 9.17) is 271 Å². The summed E-state index contributed by atoms with van der Waals surface area (Å²) in [4.78, 5) is 73.6. The topological polar surface area (TPSA) is 362 Å². The lowest BCUT2D eigenvalue weighted by Gasteiger charge is -2.33. The van der Waals surface area contributed by atoms with E-state index in [1.54, 1.807) is 0 Å². The highest BCUT2D eigenvalue weighted by Crippen LogP contribution is 2.49. The molecule has 8 rings (SSSR count).